The van der Waals surface area contributed by atoms with Crippen molar-refractivity contribution in [1.29, 1.82) is 0 Å². The zero-order valence-electron chi connectivity index (χ0n) is 12.0. The Morgan fingerprint density at radius 2 is 1.17 bits per heavy atom. The molecule has 1 fully saturated rings. The van der Waals surface area contributed by atoms with Crippen molar-refractivity contribution in [2.75, 3.05) is 13.2 Å². The van der Waals surface area contributed by atoms with E-state index in [1.165, 1.54) is 0 Å². The van der Waals surface area contributed by atoms with E-state index in [1.807, 2.05) is 0 Å². The number of halogens is 6. The molecule has 4 nitrogen and oxygen atoms in total. The molecule has 2 rings (SSSR count). The molecule has 0 N–H and O–H groups in total. The van der Waals surface area contributed by atoms with Crippen LogP contribution in [0.2, 0.25) is 0 Å². The molecule has 0 aromatic rings. The van der Waals surface area contributed by atoms with Gasteiger partial charge in [0.15, 0.2) is 4.33 Å². The standard InChI is InChI=1S/C13H12Cl6O4/c1-3-22-9(20)5-6(10(21)23-4-2)12(17)8(15)7(14)11(5,16)13(12,18)19/h5-6H,3-4H2,1-2H3/t5-,6-,11-,12-/m0/s1. The predicted molar refractivity (Wildman–Crippen MR) is 90.6 cm³/mol. The van der Waals surface area contributed by atoms with Gasteiger partial charge in [0.1, 0.15) is 9.75 Å². The Kier molecular flexibility index (Phi) is 5.40. The highest BCUT2D eigenvalue weighted by Crippen LogP contribution is 2.76. The minimum absolute atomic E-state index is 0.0553. The van der Waals surface area contributed by atoms with Gasteiger partial charge in [0, 0.05) is 0 Å². The van der Waals surface area contributed by atoms with Gasteiger partial charge in [-0.15, -0.1) is 23.2 Å². The van der Waals surface area contributed by atoms with Crippen LogP contribution in [0.4, 0.5) is 0 Å². The Morgan fingerprint density at radius 3 is 1.43 bits per heavy atom. The molecule has 4 atom stereocenters. The highest BCUT2D eigenvalue weighted by Gasteiger charge is 2.85. The fourth-order valence-electron chi connectivity index (χ4n) is 3.04. The van der Waals surface area contributed by atoms with Gasteiger partial charge in [-0.2, -0.15) is 0 Å². The maximum Gasteiger partial charge on any atom is 0.312 e. The molecule has 0 amide bonds. The Labute approximate surface area is 163 Å². The minimum Gasteiger partial charge on any atom is -0.466 e. The van der Waals surface area contributed by atoms with Crippen LogP contribution in [0, 0.1) is 11.8 Å². The molecule has 0 aliphatic heterocycles. The van der Waals surface area contributed by atoms with E-state index in [4.69, 9.17) is 79.1 Å². The lowest BCUT2D eigenvalue weighted by atomic mass is 9.82. The predicted octanol–water partition coefficient (Wildman–Crippen LogP) is 4.19. The number of esters is 2. The van der Waals surface area contributed by atoms with E-state index in [-0.39, 0.29) is 23.3 Å². The van der Waals surface area contributed by atoms with Crippen LogP contribution in [0.3, 0.4) is 0 Å². The van der Waals surface area contributed by atoms with E-state index in [1.54, 1.807) is 13.8 Å². The average molecular weight is 445 g/mol. The maximum atomic E-state index is 12.4. The van der Waals surface area contributed by atoms with Crippen molar-refractivity contribution < 1.29 is 19.1 Å². The van der Waals surface area contributed by atoms with Crippen LogP contribution in [-0.4, -0.2) is 39.2 Å². The number of alkyl halides is 4. The normalized spacial score (nSPS) is 37.9. The molecule has 23 heavy (non-hydrogen) atoms. The summed E-state index contributed by atoms with van der Waals surface area (Å²) >= 11 is 38.1. The Balaban J connectivity index is 2.69. The van der Waals surface area contributed by atoms with E-state index >= 15 is 0 Å². The summed E-state index contributed by atoms with van der Waals surface area (Å²) in [5.41, 5.74) is 0. The van der Waals surface area contributed by atoms with Crippen molar-refractivity contribution in [3.8, 4) is 0 Å². The molecule has 0 spiro atoms. The summed E-state index contributed by atoms with van der Waals surface area (Å²) in [4.78, 5) is 21.0. The average Bonchev–Trinajstić information content (AvgIpc) is 2.67. The quantitative estimate of drug-likeness (QED) is 0.482. The molecule has 130 valence electrons. The van der Waals surface area contributed by atoms with Crippen LogP contribution >= 0.6 is 69.6 Å². The van der Waals surface area contributed by atoms with E-state index in [9.17, 15) is 9.59 Å². The molecule has 0 aromatic carbocycles. The van der Waals surface area contributed by atoms with Gasteiger partial charge in [0.05, 0.1) is 35.1 Å². The summed E-state index contributed by atoms with van der Waals surface area (Å²) in [6, 6.07) is 0. The summed E-state index contributed by atoms with van der Waals surface area (Å²) in [6.07, 6.45) is 0. The lowest BCUT2D eigenvalue weighted by molar-refractivity contribution is -0.160. The first kappa shape index (κ1) is 19.7. The third-order valence-electron chi connectivity index (χ3n) is 4.02. The fourth-order valence-corrected chi connectivity index (χ4v) is 5.96. The van der Waals surface area contributed by atoms with Gasteiger partial charge < -0.3 is 9.47 Å². The van der Waals surface area contributed by atoms with Gasteiger partial charge in [-0.25, -0.2) is 0 Å². The Bertz CT molecular complexity index is 543. The van der Waals surface area contributed by atoms with E-state index < -0.39 is 37.9 Å². The second kappa shape index (κ2) is 6.30. The number of carbonyl (C=O) groups excluding carboxylic acids is 2. The van der Waals surface area contributed by atoms with Gasteiger partial charge in [0.25, 0.3) is 0 Å². The van der Waals surface area contributed by atoms with Crippen molar-refractivity contribution in [1.82, 2.24) is 0 Å². The lowest BCUT2D eigenvalue weighted by Crippen LogP contribution is -2.46. The van der Waals surface area contributed by atoms with Crippen molar-refractivity contribution in [2.24, 2.45) is 11.8 Å². The van der Waals surface area contributed by atoms with Crippen LogP contribution in [0.1, 0.15) is 13.8 Å². The van der Waals surface area contributed by atoms with Crippen molar-refractivity contribution >= 4 is 81.5 Å². The molecule has 10 heteroatoms. The Morgan fingerprint density at radius 1 is 0.870 bits per heavy atom. The second-order valence-corrected chi connectivity index (χ2v) is 8.36. The van der Waals surface area contributed by atoms with Crippen molar-refractivity contribution in [3.05, 3.63) is 10.1 Å². The Hall–Kier alpha value is 0.420. The van der Waals surface area contributed by atoms with Gasteiger partial charge >= 0.3 is 11.9 Å². The lowest BCUT2D eigenvalue weighted by Gasteiger charge is -2.33. The minimum atomic E-state index is -2.02. The first-order valence-electron chi connectivity index (χ1n) is 6.68. The first-order chi connectivity index (χ1) is 10.5. The van der Waals surface area contributed by atoms with E-state index in [0.717, 1.165) is 0 Å². The van der Waals surface area contributed by atoms with E-state index in [0.29, 0.717) is 0 Å². The second-order valence-electron chi connectivity index (χ2n) is 5.09. The van der Waals surface area contributed by atoms with Gasteiger partial charge in [-0.1, -0.05) is 46.4 Å². The summed E-state index contributed by atoms with van der Waals surface area (Å²) in [6.45, 7) is 3.31. The third kappa shape index (κ3) is 2.25. The summed E-state index contributed by atoms with van der Waals surface area (Å²) in [7, 11) is 0. The van der Waals surface area contributed by atoms with Crippen LogP contribution in [0.25, 0.3) is 0 Å². The van der Waals surface area contributed by atoms with E-state index in [2.05, 4.69) is 0 Å². The molecular formula is C13H12Cl6O4. The smallest absolute Gasteiger partial charge is 0.312 e. The third-order valence-corrected chi connectivity index (χ3v) is 8.28. The summed E-state index contributed by atoms with van der Waals surface area (Å²) in [5.74, 6) is -4.30. The highest BCUT2D eigenvalue weighted by atomic mass is 35.5. The number of carbonyl (C=O) groups is 2. The van der Waals surface area contributed by atoms with Crippen LogP contribution in [0.15, 0.2) is 10.1 Å². The monoisotopic (exact) mass is 442 g/mol. The van der Waals surface area contributed by atoms with Gasteiger partial charge in [-0.05, 0) is 13.8 Å². The molecular weight excluding hydrogens is 433 g/mol. The van der Waals surface area contributed by atoms with Crippen molar-refractivity contribution in [3.63, 3.8) is 0 Å². The number of fused-ring (bicyclic) bond motifs is 2. The van der Waals surface area contributed by atoms with Crippen molar-refractivity contribution in [2.45, 2.75) is 27.9 Å². The fraction of sp³-hybridized carbons (Fsp3) is 0.692. The molecule has 2 aliphatic carbocycles. The first-order valence-corrected chi connectivity index (χ1v) is 8.95. The summed E-state index contributed by atoms with van der Waals surface area (Å²) in [5, 5.41) is -0.362. The van der Waals surface area contributed by atoms with Gasteiger partial charge in [-0.3, -0.25) is 9.59 Å². The highest BCUT2D eigenvalue weighted by molar-refractivity contribution is 6.66. The number of hydrogen-bond donors (Lipinski definition) is 0. The topological polar surface area (TPSA) is 52.6 Å². The number of ether oxygens (including phenoxy) is 2. The summed E-state index contributed by atoms with van der Waals surface area (Å²) < 4.78 is 7.96. The zero-order chi connectivity index (χ0) is 17.8. The maximum absolute atomic E-state index is 12.4. The van der Waals surface area contributed by atoms with Crippen LogP contribution in [-0.2, 0) is 19.1 Å². The SMILES string of the molecule is CCOC(=O)[C@@H]1[C@@H](C(=O)OCC)[C@]2(Cl)C(Cl)=C(Cl)[C@]1(Cl)C2(Cl)Cl. The molecule has 0 radical (unpaired) electrons. The molecule has 0 saturated heterocycles. The molecule has 2 bridgehead atoms. The number of rotatable bonds is 4. The van der Waals surface area contributed by atoms with Crippen LogP contribution in [0.5, 0.6) is 0 Å². The molecule has 0 heterocycles. The number of allylic oxidation sites excluding steroid dienone is 2. The molecule has 1 saturated carbocycles. The van der Waals surface area contributed by atoms with Gasteiger partial charge in [0.2, 0.25) is 0 Å². The molecule has 2 aliphatic rings. The molecule has 0 aromatic heterocycles. The van der Waals surface area contributed by atoms with Crippen LogP contribution < -0.4 is 0 Å². The largest absolute Gasteiger partial charge is 0.466 e. The number of hydrogen-bond acceptors (Lipinski definition) is 4. The zero-order valence-corrected chi connectivity index (χ0v) is 16.5. The molecule has 0 unspecified atom stereocenters.